The summed E-state index contributed by atoms with van der Waals surface area (Å²) in [6.45, 7) is 12.9. The van der Waals surface area contributed by atoms with Crippen molar-refractivity contribution in [3.63, 3.8) is 0 Å². The highest BCUT2D eigenvalue weighted by Gasteiger charge is 2.38. The van der Waals surface area contributed by atoms with Crippen LogP contribution in [0.3, 0.4) is 0 Å². The molecule has 242 valence electrons. The van der Waals surface area contributed by atoms with E-state index in [9.17, 15) is 29.4 Å². The number of aromatic hydroxyl groups is 1. The highest BCUT2D eigenvalue weighted by Crippen LogP contribution is 2.28. The zero-order valence-electron chi connectivity index (χ0n) is 27.0. The first kappa shape index (κ1) is 36.1. The number of carbonyl (C=O) groups excluding carboxylic acids is 4. The van der Waals surface area contributed by atoms with E-state index in [1.54, 1.807) is 54.5 Å². The lowest BCUT2D eigenvalue weighted by Crippen LogP contribution is -2.56. The SMILES string of the molecule is CCCN(C(=O)C(CO)NC(=O)OC(C)(C)C)C(C(=O)NC(Cc1ccccc1)C(=O)OC(C)(C)C)c1ccc(O)c(C)c1. The van der Waals surface area contributed by atoms with Crippen molar-refractivity contribution in [3.8, 4) is 5.75 Å². The van der Waals surface area contributed by atoms with Gasteiger partial charge in [-0.1, -0.05) is 43.3 Å². The van der Waals surface area contributed by atoms with Crippen LogP contribution in [0, 0.1) is 6.92 Å². The molecule has 2 aromatic carbocycles. The Balaban J connectivity index is 2.56. The third-order valence-electron chi connectivity index (χ3n) is 6.31. The molecular weight excluding hydrogens is 566 g/mol. The van der Waals surface area contributed by atoms with E-state index in [0.29, 0.717) is 17.5 Å². The second kappa shape index (κ2) is 15.6. The van der Waals surface area contributed by atoms with Crippen LogP contribution in [0.4, 0.5) is 4.79 Å². The molecule has 2 aromatic rings. The second-order valence-electron chi connectivity index (χ2n) is 12.6. The van der Waals surface area contributed by atoms with Gasteiger partial charge >= 0.3 is 12.1 Å². The number of benzene rings is 2. The molecule has 4 N–H and O–H groups in total. The molecule has 0 radical (unpaired) electrons. The topological polar surface area (TPSA) is 154 Å². The number of esters is 1. The Morgan fingerprint density at radius 2 is 1.50 bits per heavy atom. The van der Waals surface area contributed by atoms with Crippen LogP contribution in [0.25, 0.3) is 0 Å². The Morgan fingerprint density at radius 1 is 0.886 bits per heavy atom. The van der Waals surface area contributed by atoms with E-state index in [0.717, 1.165) is 5.56 Å². The van der Waals surface area contributed by atoms with Gasteiger partial charge in [-0.05, 0) is 83.7 Å². The molecule has 3 amide bonds. The number of alkyl carbamates (subject to hydrolysis) is 1. The maximum Gasteiger partial charge on any atom is 0.408 e. The summed E-state index contributed by atoms with van der Waals surface area (Å²) >= 11 is 0. The molecule has 11 nitrogen and oxygen atoms in total. The summed E-state index contributed by atoms with van der Waals surface area (Å²) in [6, 6.07) is 9.81. The molecule has 0 saturated heterocycles. The van der Waals surface area contributed by atoms with Crippen LogP contribution >= 0.6 is 0 Å². The molecule has 11 heteroatoms. The number of nitrogens with zero attached hydrogens (tertiary/aromatic N) is 1. The lowest BCUT2D eigenvalue weighted by Gasteiger charge is -2.35. The van der Waals surface area contributed by atoms with Crippen molar-refractivity contribution in [2.75, 3.05) is 13.2 Å². The average molecular weight is 614 g/mol. The molecule has 2 rings (SSSR count). The largest absolute Gasteiger partial charge is 0.508 e. The zero-order valence-corrected chi connectivity index (χ0v) is 27.0. The van der Waals surface area contributed by atoms with Crippen LogP contribution in [-0.2, 0) is 30.3 Å². The van der Waals surface area contributed by atoms with Crippen LogP contribution in [0.15, 0.2) is 48.5 Å². The number of hydrogen-bond donors (Lipinski definition) is 4. The van der Waals surface area contributed by atoms with Gasteiger partial charge in [-0.2, -0.15) is 0 Å². The van der Waals surface area contributed by atoms with Crippen LogP contribution in [0.1, 0.15) is 77.6 Å². The van der Waals surface area contributed by atoms with Gasteiger partial charge in [-0.3, -0.25) is 9.59 Å². The Kier molecular flexibility index (Phi) is 12.8. The number of ether oxygens (including phenoxy) is 2. The van der Waals surface area contributed by atoms with Gasteiger partial charge in [-0.25, -0.2) is 9.59 Å². The van der Waals surface area contributed by atoms with E-state index >= 15 is 0 Å². The van der Waals surface area contributed by atoms with Crippen LogP contribution in [0.5, 0.6) is 5.75 Å². The first-order valence-electron chi connectivity index (χ1n) is 14.7. The minimum absolute atomic E-state index is 0.00295. The summed E-state index contributed by atoms with van der Waals surface area (Å²) in [5.74, 6) is -2.07. The molecule has 3 unspecified atom stereocenters. The number of phenolic OH excluding ortho intramolecular Hbond substituents is 1. The molecule has 0 saturated carbocycles. The summed E-state index contributed by atoms with van der Waals surface area (Å²) in [5, 5.41) is 25.5. The lowest BCUT2D eigenvalue weighted by molar-refractivity contribution is -0.159. The highest BCUT2D eigenvalue weighted by molar-refractivity contribution is 5.94. The van der Waals surface area contributed by atoms with E-state index in [1.165, 1.54) is 17.0 Å². The quantitative estimate of drug-likeness (QED) is 0.263. The third-order valence-corrected chi connectivity index (χ3v) is 6.31. The van der Waals surface area contributed by atoms with E-state index in [2.05, 4.69) is 10.6 Å². The predicted octanol–water partition coefficient (Wildman–Crippen LogP) is 3.94. The number of carbonyl (C=O) groups is 4. The van der Waals surface area contributed by atoms with Crippen molar-refractivity contribution in [1.82, 2.24) is 15.5 Å². The molecule has 3 atom stereocenters. The molecule has 0 aliphatic carbocycles. The standard InChI is InChI=1S/C33H47N3O8/c1-9-17-36(29(40)25(20-37)35-31(42)44-33(6,7)8)27(23-15-16-26(38)21(2)18-23)28(39)34-24(30(41)43-32(3,4)5)19-22-13-11-10-12-14-22/h10-16,18,24-25,27,37-38H,9,17,19-20H2,1-8H3,(H,34,39)(H,35,42). The van der Waals surface area contributed by atoms with E-state index in [1.807, 2.05) is 37.3 Å². The van der Waals surface area contributed by atoms with Gasteiger partial charge < -0.3 is 35.2 Å². The number of rotatable bonds is 12. The third kappa shape index (κ3) is 11.2. The summed E-state index contributed by atoms with van der Waals surface area (Å²) in [6.07, 6.45) is -0.351. The number of aryl methyl sites for hydroxylation is 1. The first-order chi connectivity index (χ1) is 20.5. The fraction of sp³-hybridized carbons (Fsp3) is 0.515. The highest BCUT2D eigenvalue weighted by atomic mass is 16.6. The average Bonchev–Trinajstić information content (AvgIpc) is 2.91. The van der Waals surface area contributed by atoms with Gasteiger partial charge in [0, 0.05) is 13.0 Å². The van der Waals surface area contributed by atoms with Gasteiger partial charge in [0.1, 0.15) is 35.1 Å². The van der Waals surface area contributed by atoms with Crippen LogP contribution < -0.4 is 10.6 Å². The monoisotopic (exact) mass is 613 g/mol. The smallest absolute Gasteiger partial charge is 0.408 e. The van der Waals surface area contributed by atoms with E-state index in [4.69, 9.17) is 9.47 Å². The second-order valence-corrected chi connectivity index (χ2v) is 12.6. The van der Waals surface area contributed by atoms with Crippen molar-refractivity contribution < 1.29 is 38.9 Å². The molecule has 0 bridgehead atoms. The predicted molar refractivity (Wildman–Crippen MR) is 166 cm³/mol. The van der Waals surface area contributed by atoms with Crippen LogP contribution in [-0.4, -0.2) is 75.4 Å². The Labute approximate surface area is 259 Å². The fourth-order valence-electron chi connectivity index (χ4n) is 4.43. The maximum absolute atomic E-state index is 14.2. The number of aliphatic hydroxyl groups is 1. The van der Waals surface area contributed by atoms with Crippen molar-refractivity contribution in [2.45, 2.75) is 97.6 Å². The Hall–Kier alpha value is -4.12. The molecule has 0 aromatic heterocycles. The van der Waals surface area contributed by atoms with Gasteiger partial charge in [0.2, 0.25) is 11.8 Å². The Bertz CT molecular complexity index is 1280. The van der Waals surface area contributed by atoms with Gasteiger partial charge in [0.05, 0.1) is 6.61 Å². The lowest BCUT2D eigenvalue weighted by atomic mass is 9.99. The number of nitrogens with one attached hydrogen (secondary N) is 2. The van der Waals surface area contributed by atoms with Crippen molar-refractivity contribution in [1.29, 1.82) is 0 Å². The minimum atomic E-state index is -1.42. The summed E-state index contributed by atoms with van der Waals surface area (Å²) in [5.41, 5.74) is -0.0728. The molecule has 0 heterocycles. The summed E-state index contributed by atoms with van der Waals surface area (Å²) < 4.78 is 10.9. The van der Waals surface area contributed by atoms with Gasteiger partial charge in [0.15, 0.2) is 0 Å². The number of amides is 3. The molecule has 0 spiro atoms. The molecule has 0 aliphatic heterocycles. The zero-order chi connectivity index (χ0) is 33.2. The summed E-state index contributed by atoms with van der Waals surface area (Å²) in [7, 11) is 0. The number of phenols is 1. The fourth-order valence-corrected chi connectivity index (χ4v) is 4.43. The minimum Gasteiger partial charge on any atom is -0.508 e. The molecule has 0 fully saturated rings. The summed E-state index contributed by atoms with van der Waals surface area (Å²) in [4.78, 5) is 55.2. The van der Waals surface area contributed by atoms with Crippen molar-refractivity contribution >= 4 is 23.9 Å². The number of aliphatic hydroxyl groups excluding tert-OH is 1. The molecule has 44 heavy (non-hydrogen) atoms. The molecular formula is C33H47N3O8. The number of hydrogen-bond acceptors (Lipinski definition) is 8. The Morgan fingerprint density at radius 3 is 2.02 bits per heavy atom. The van der Waals surface area contributed by atoms with Crippen molar-refractivity contribution in [3.05, 3.63) is 65.2 Å². The van der Waals surface area contributed by atoms with E-state index < -0.39 is 59.8 Å². The van der Waals surface area contributed by atoms with Crippen molar-refractivity contribution in [2.24, 2.45) is 0 Å². The van der Waals surface area contributed by atoms with Crippen LogP contribution in [0.2, 0.25) is 0 Å². The van der Waals surface area contributed by atoms with Gasteiger partial charge in [0.25, 0.3) is 0 Å². The van der Waals surface area contributed by atoms with Gasteiger partial charge in [-0.15, -0.1) is 0 Å². The van der Waals surface area contributed by atoms with E-state index in [-0.39, 0.29) is 18.7 Å². The normalized spacial score (nSPS) is 13.7. The first-order valence-corrected chi connectivity index (χ1v) is 14.7. The maximum atomic E-state index is 14.2. The molecule has 0 aliphatic rings.